The number of benzene rings is 1. The van der Waals surface area contributed by atoms with E-state index < -0.39 is 0 Å². The first-order valence-corrected chi connectivity index (χ1v) is 9.75. The number of aromatic nitrogens is 4. The molecule has 0 amide bonds. The van der Waals surface area contributed by atoms with Gasteiger partial charge in [0.2, 0.25) is 0 Å². The van der Waals surface area contributed by atoms with Gasteiger partial charge in [-0.05, 0) is 44.4 Å². The maximum Gasteiger partial charge on any atom is 0.147 e. The topological polar surface area (TPSA) is 79.1 Å². The van der Waals surface area contributed by atoms with E-state index in [9.17, 15) is 5.11 Å². The summed E-state index contributed by atoms with van der Waals surface area (Å²) in [6.07, 6.45) is 13.7. The summed E-state index contributed by atoms with van der Waals surface area (Å²) in [4.78, 5) is 15.5. The average molecular weight is 376 g/mol. The number of aromatic hydroxyl groups is 1. The van der Waals surface area contributed by atoms with Gasteiger partial charge in [-0.1, -0.05) is 0 Å². The Balaban J connectivity index is 1.35. The van der Waals surface area contributed by atoms with Crippen LogP contribution in [-0.4, -0.2) is 49.8 Å². The Morgan fingerprint density at radius 2 is 2.14 bits per heavy atom. The Bertz CT molecular complexity index is 965. The van der Waals surface area contributed by atoms with E-state index in [0.717, 1.165) is 24.5 Å². The quantitative estimate of drug-likeness (QED) is 0.729. The van der Waals surface area contributed by atoms with Crippen molar-refractivity contribution in [1.82, 2.24) is 24.8 Å². The maximum atomic E-state index is 10.5. The first-order valence-electron chi connectivity index (χ1n) is 9.75. The zero-order valence-corrected chi connectivity index (χ0v) is 15.9. The first-order chi connectivity index (χ1) is 13.6. The number of nitrogens with one attached hydrogen (secondary N) is 1. The monoisotopic (exact) mass is 376 g/mol. The van der Waals surface area contributed by atoms with E-state index in [0.29, 0.717) is 22.8 Å². The molecule has 2 fully saturated rings. The number of nitrogens with zero attached hydrogens (tertiary/aromatic N) is 5. The van der Waals surface area contributed by atoms with Gasteiger partial charge in [-0.2, -0.15) is 0 Å². The van der Waals surface area contributed by atoms with Crippen LogP contribution in [0.1, 0.15) is 25.7 Å². The summed E-state index contributed by atoms with van der Waals surface area (Å²) in [5.41, 5.74) is 2.57. The van der Waals surface area contributed by atoms with Gasteiger partial charge in [0.05, 0.1) is 30.1 Å². The second kappa shape index (κ2) is 6.60. The summed E-state index contributed by atoms with van der Waals surface area (Å²) in [5.74, 6) is 1.05. The Labute approximate surface area is 164 Å². The molecule has 144 valence electrons. The molecule has 7 nitrogen and oxygen atoms in total. The maximum absolute atomic E-state index is 10.5. The third-order valence-corrected chi connectivity index (χ3v) is 6.06. The van der Waals surface area contributed by atoms with Crippen LogP contribution in [0.5, 0.6) is 5.75 Å². The van der Waals surface area contributed by atoms with Crippen molar-refractivity contribution in [1.29, 1.82) is 0 Å². The predicted molar refractivity (Wildman–Crippen MR) is 108 cm³/mol. The summed E-state index contributed by atoms with van der Waals surface area (Å²) >= 11 is 0. The van der Waals surface area contributed by atoms with Gasteiger partial charge < -0.3 is 19.9 Å². The Morgan fingerprint density at radius 3 is 2.82 bits per heavy atom. The van der Waals surface area contributed by atoms with Crippen LogP contribution in [-0.2, 0) is 0 Å². The number of imidazole rings is 1. The zero-order valence-electron chi connectivity index (χ0n) is 15.9. The highest BCUT2D eigenvalue weighted by Crippen LogP contribution is 2.43. The molecule has 2 aromatic heterocycles. The standard InChI is InChI=1S/C21H24N6O/c1-26(16-4-7-25-21(11-16)5-6-21)20-13-23-18(12-24-20)17-3-2-15(10-19(17)28)27-9-8-22-14-27/h2-3,8-10,12-14,16,25,28H,4-7,11H2,1H3/t16-/m0/s1. The van der Waals surface area contributed by atoms with Crippen LogP contribution in [0.2, 0.25) is 0 Å². The second-order valence-electron chi connectivity index (χ2n) is 7.90. The lowest BCUT2D eigenvalue weighted by Crippen LogP contribution is -2.48. The molecule has 1 spiro atoms. The van der Waals surface area contributed by atoms with Gasteiger partial charge >= 0.3 is 0 Å². The van der Waals surface area contributed by atoms with E-state index in [1.54, 1.807) is 31.0 Å². The van der Waals surface area contributed by atoms with Crippen molar-refractivity contribution >= 4 is 5.82 Å². The molecule has 2 N–H and O–H groups in total. The Kier molecular flexibility index (Phi) is 4.05. The molecule has 28 heavy (non-hydrogen) atoms. The summed E-state index contributed by atoms with van der Waals surface area (Å²) in [7, 11) is 2.10. The van der Waals surface area contributed by atoms with E-state index in [1.165, 1.54) is 19.3 Å². The minimum absolute atomic E-state index is 0.177. The molecule has 1 aromatic carbocycles. The van der Waals surface area contributed by atoms with E-state index in [-0.39, 0.29) is 5.75 Å². The van der Waals surface area contributed by atoms with Gasteiger partial charge in [-0.15, -0.1) is 0 Å². The molecule has 0 unspecified atom stereocenters. The van der Waals surface area contributed by atoms with Gasteiger partial charge in [0.15, 0.2) is 0 Å². The smallest absolute Gasteiger partial charge is 0.147 e. The number of piperidine rings is 1. The van der Waals surface area contributed by atoms with Gasteiger partial charge in [0.25, 0.3) is 0 Å². The number of hydrogen-bond donors (Lipinski definition) is 2. The van der Waals surface area contributed by atoms with E-state index in [1.807, 2.05) is 22.9 Å². The molecule has 1 saturated heterocycles. The molecule has 3 heterocycles. The lowest BCUT2D eigenvalue weighted by atomic mass is 9.96. The average Bonchev–Trinajstić information content (AvgIpc) is 3.24. The van der Waals surface area contributed by atoms with Crippen molar-refractivity contribution in [2.75, 3.05) is 18.5 Å². The van der Waals surface area contributed by atoms with Crippen molar-refractivity contribution in [3.8, 4) is 22.7 Å². The molecule has 1 aliphatic carbocycles. The number of hydrogen-bond acceptors (Lipinski definition) is 6. The van der Waals surface area contributed by atoms with E-state index in [2.05, 4.69) is 32.2 Å². The first kappa shape index (κ1) is 17.2. The third kappa shape index (κ3) is 3.11. The molecule has 3 aromatic rings. The lowest BCUT2D eigenvalue weighted by Gasteiger charge is -2.37. The lowest BCUT2D eigenvalue weighted by molar-refractivity contribution is 0.337. The zero-order chi connectivity index (χ0) is 19.1. The molecule has 5 rings (SSSR count). The number of anilines is 1. The van der Waals surface area contributed by atoms with Crippen molar-refractivity contribution in [2.24, 2.45) is 0 Å². The third-order valence-electron chi connectivity index (χ3n) is 6.06. The molecule has 0 radical (unpaired) electrons. The van der Waals surface area contributed by atoms with Crippen LogP contribution in [0.15, 0.2) is 49.3 Å². The molecule has 7 heteroatoms. The minimum Gasteiger partial charge on any atom is -0.507 e. The number of rotatable bonds is 4. The van der Waals surface area contributed by atoms with Crippen LogP contribution in [0, 0.1) is 0 Å². The van der Waals surface area contributed by atoms with E-state index in [4.69, 9.17) is 0 Å². The molecular formula is C21H24N6O. The SMILES string of the molecule is CN(c1cnc(-c2ccc(-n3ccnc3)cc2O)cn1)[C@H]1CCNC2(CC2)C1. The summed E-state index contributed by atoms with van der Waals surface area (Å²) in [6.45, 7) is 1.07. The van der Waals surface area contributed by atoms with Gasteiger partial charge in [-0.3, -0.25) is 4.98 Å². The summed E-state index contributed by atoms with van der Waals surface area (Å²) in [6, 6.07) is 6.00. The Morgan fingerprint density at radius 1 is 1.25 bits per heavy atom. The van der Waals surface area contributed by atoms with Crippen LogP contribution in [0.3, 0.4) is 0 Å². The number of phenolic OH excluding ortho intramolecular Hbond substituents is 1. The van der Waals surface area contributed by atoms with Crippen molar-refractivity contribution in [2.45, 2.75) is 37.3 Å². The molecule has 1 saturated carbocycles. The summed E-state index contributed by atoms with van der Waals surface area (Å²) in [5, 5.41) is 14.1. The molecule has 2 aliphatic rings. The highest BCUT2D eigenvalue weighted by atomic mass is 16.3. The van der Waals surface area contributed by atoms with Crippen LogP contribution in [0.4, 0.5) is 5.82 Å². The molecule has 0 bridgehead atoms. The van der Waals surface area contributed by atoms with Crippen LogP contribution in [0.25, 0.3) is 16.9 Å². The van der Waals surface area contributed by atoms with Crippen LogP contribution < -0.4 is 10.2 Å². The molecular weight excluding hydrogens is 352 g/mol. The van der Waals surface area contributed by atoms with Crippen molar-refractivity contribution in [3.63, 3.8) is 0 Å². The van der Waals surface area contributed by atoms with Crippen LogP contribution >= 0.6 is 0 Å². The van der Waals surface area contributed by atoms with Gasteiger partial charge in [0.1, 0.15) is 11.6 Å². The van der Waals surface area contributed by atoms with Crippen molar-refractivity contribution in [3.05, 3.63) is 49.3 Å². The normalized spacial score (nSPS) is 20.2. The van der Waals surface area contributed by atoms with Gasteiger partial charge in [-0.25, -0.2) is 9.97 Å². The summed E-state index contributed by atoms with van der Waals surface area (Å²) < 4.78 is 1.85. The minimum atomic E-state index is 0.177. The fraction of sp³-hybridized carbons (Fsp3) is 0.381. The largest absolute Gasteiger partial charge is 0.507 e. The number of phenols is 1. The highest BCUT2D eigenvalue weighted by molar-refractivity contribution is 5.68. The highest BCUT2D eigenvalue weighted by Gasteiger charge is 2.46. The Hall–Kier alpha value is -2.93. The van der Waals surface area contributed by atoms with E-state index >= 15 is 0 Å². The van der Waals surface area contributed by atoms with Gasteiger partial charge in [0, 0.05) is 42.7 Å². The fourth-order valence-electron chi connectivity index (χ4n) is 4.13. The van der Waals surface area contributed by atoms with Crippen molar-refractivity contribution < 1.29 is 5.11 Å². The predicted octanol–water partition coefficient (Wildman–Crippen LogP) is 2.76. The fourth-order valence-corrected chi connectivity index (χ4v) is 4.13. The second-order valence-corrected chi connectivity index (χ2v) is 7.90. The molecule has 1 atom stereocenters. The molecule has 1 aliphatic heterocycles.